The summed E-state index contributed by atoms with van der Waals surface area (Å²) in [6, 6.07) is 0. The highest BCUT2D eigenvalue weighted by Gasteiger charge is 2.12. The van der Waals surface area contributed by atoms with E-state index in [1.165, 1.54) is 49.2 Å². The fourth-order valence-electron chi connectivity index (χ4n) is 2.59. The maximum atomic E-state index is 4.57. The molecular weight excluding hydrogens is 228 g/mol. The molecule has 1 aromatic heterocycles. The van der Waals surface area contributed by atoms with Crippen molar-refractivity contribution in [2.24, 2.45) is 5.92 Å². The summed E-state index contributed by atoms with van der Waals surface area (Å²) in [5.74, 6) is 0.984. The quantitative estimate of drug-likeness (QED) is 0.780. The summed E-state index contributed by atoms with van der Waals surface area (Å²) in [5, 5.41) is 6.98. The molecule has 0 aliphatic heterocycles. The molecule has 96 valence electrons. The van der Waals surface area contributed by atoms with Gasteiger partial charge in [0.1, 0.15) is 0 Å². The average molecular weight is 252 g/mol. The summed E-state index contributed by atoms with van der Waals surface area (Å²) >= 11 is 1.78. The van der Waals surface area contributed by atoms with Gasteiger partial charge in [-0.3, -0.25) is 0 Å². The molecule has 1 heterocycles. The third-order valence-corrected chi connectivity index (χ3v) is 4.70. The van der Waals surface area contributed by atoms with Gasteiger partial charge in [-0.2, -0.15) is 0 Å². The smallest absolute Gasteiger partial charge is 0.0926 e. The van der Waals surface area contributed by atoms with Gasteiger partial charge in [0.05, 0.1) is 10.7 Å². The van der Waals surface area contributed by atoms with Crippen LogP contribution in [0.25, 0.3) is 0 Å². The minimum Gasteiger partial charge on any atom is -0.311 e. The highest BCUT2D eigenvalue weighted by molar-refractivity contribution is 7.09. The number of nitrogens with one attached hydrogen (secondary N) is 1. The van der Waals surface area contributed by atoms with E-state index in [1.807, 2.05) is 0 Å². The molecule has 2 rings (SSSR count). The van der Waals surface area contributed by atoms with Crippen molar-refractivity contribution in [3.05, 3.63) is 16.1 Å². The molecular formula is C14H24N2S. The van der Waals surface area contributed by atoms with Crippen molar-refractivity contribution in [1.82, 2.24) is 10.3 Å². The van der Waals surface area contributed by atoms with Gasteiger partial charge >= 0.3 is 0 Å². The number of aromatic nitrogens is 1. The van der Waals surface area contributed by atoms with Gasteiger partial charge in [0.25, 0.3) is 0 Å². The molecule has 0 bridgehead atoms. The van der Waals surface area contributed by atoms with Crippen LogP contribution in [0.2, 0.25) is 0 Å². The standard InChI is InChI=1S/C14H24N2S/c1-2-14-16-13(11-17-14)10-15-9-8-12-6-4-3-5-7-12/h11-12,15H,2-10H2,1H3. The highest BCUT2D eigenvalue weighted by atomic mass is 32.1. The fraction of sp³-hybridized carbons (Fsp3) is 0.786. The van der Waals surface area contributed by atoms with Gasteiger partial charge in [0.2, 0.25) is 0 Å². The Morgan fingerprint density at radius 1 is 1.35 bits per heavy atom. The third kappa shape index (κ3) is 4.40. The number of thiazole rings is 1. The SMILES string of the molecule is CCc1nc(CNCCC2CCCCC2)cs1. The van der Waals surface area contributed by atoms with E-state index < -0.39 is 0 Å². The van der Waals surface area contributed by atoms with E-state index in [0.29, 0.717) is 0 Å². The average Bonchev–Trinajstić information content (AvgIpc) is 2.84. The summed E-state index contributed by atoms with van der Waals surface area (Å²) in [6.07, 6.45) is 9.70. The van der Waals surface area contributed by atoms with Crippen LogP contribution in [0.1, 0.15) is 56.2 Å². The topological polar surface area (TPSA) is 24.9 Å². The van der Waals surface area contributed by atoms with Gasteiger partial charge in [-0.05, 0) is 25.3 Å². The number of rotatable bonds is 6. The van der Waals surface area contributed by atoms with Crippen molar-refractivity contribution < 1.29 is 0 Å². The number of hydrogen-bond donors (Lipinski definition) is 1. The van der Waals surface area contributed by atoms with Crippen LogP contribution in [0.5, 0.6) is 0 Å². The first-order valence-electron chi connectivity index (χ1n) is 7.02. The van der Waals surface area contributed by atoms with Crippen LogP contribution in [0, 0.1) is 5.92 Å². The first-order valence-corrected chi connectivity index (χ1v) is 7.90. The van der Waals surface area contributed by atoms with Crippen LogP contribution >= 0.6 is 11.3 Å². The second kappa shape index (κ2) is 7.12. The molecule has 0 saturated heterocycles. The van der Waals surface area contributed by atoms with Crippen molar-refractivity contribution in [1.29, 1.82) is 0 Å². The molecule has 0 atom stereocenters. The molecule has 0 unspecified atom stereocenters. The molecule has 2 nitrogen and oxygen atoms in total. The zero-order chi connectivity index (χ0) is 11.9. The van der Waals surface area contributed by atoms with E-state index in [2.05, 4.69) is 22.6 Å². The summed E-state index contributed by atoms with van der Waals surface area (Å²) in [7, 11) is 0. The predicted molar refractivity (Wildman–Crippen MR) is 74.4 cm³/mol. The molecule has 0 radical (unpaired) electrons. The Balaban J connectivity index is 1.59. The highest BCUT2D eigenvalue weighted by Crippen LogP contribution is 2.25. The molecule has 0 spiro atoms. The molecule has 3 heteroatoms. The Kier molecular flexibility index (Phi) is 5.46. The van der Waals surface area contributed by atoms with Crippen molar-refractivity contribution >= 4 is 11.3 Å². The van der Waals surface area contributed by atoms with E-state index in [-0.39, 0.29) is 0 Å². The molecule has 1 aliphatic carbocycles. The monoisotopic (exact) mass is 252 g/mol. The summed E-state index contributed by atoms with van der Waals surface area (Å²) in [4.78, 5) is 4.57. The minimum atomic E-state index is 0.948. The Bertz CT molecular complexity index is 316. The number of hydrogen-bond acceptors (Lipinski definition) is 3. The first-order chi connectivity index (χ1) is 8.38. The second-order valence-corrected chi connectivity index (χ2v) is 6.00. The van der Waals surface area contributed by atoms with Crippen LogP contribution in [0.15, 0.2) is 5.38 Å². The van der Waals surface area contributed by atoms with Gasteiger partial charge in [-0.1, -0.05) is 39.0 Å². The molecule has 1 saturated carbocycles. The van der Waals surface area contributed by atoms with Gasteiger partial charge < -0.3 is 5.32 Å². The lowest BCUT2D eigenvalue weighted by molar-refractivity contribution is 0.333. The molecule has 0 amide bonds. The molecule has 1 N–H and O–H groups in total. The zero-order valence-corrected chi connectivity index (χ0v) is 11.7. The van der Waals surface area contributed by atoms with Crippen LogP contribution < -0.4 is 5.32 Å². The van der Waals surface area contributed by atoms with Crippen molar-refractivity contribution in [3.8, 4) is 0 Å². The maximum Gasteiger partial charge on any atom is 0.0926 e. The fourth-order valence-corrected chi connectivity index (χ4v) is 3.34. The van der Waals surface area contributed by atoms with Crippen LogP contribution in [-0.4, -0.2) is 11.5 Å². The lowest BCUT2D eigenvalue weighted by atomic mass is 9.87. The van der Waals surface area contributed by atoms with E-state index in [1.54, 1.807) is 11.3 Å². The van der Waals surface area contributed by atoms with E-state index in [4.69, 9.17) is 0 Å². The maximum absolute atomic E-state index is 4.57. The van der Waals surface area contributed by atoms with Crippen LogP contribution in [0.3, 0.4) is 0 Å². The second-order valence-electron chi connectivity index (χ2n) is 5.06. The van der Waals surface area contributed by atoms with E-state index in [9.17, 15) is 0 Å². The van der Waals surface area contributed by atoms with Gasteiger partial charge in [0.15, 0.2) is 0 Å². The van der Waals surface area contributed by atoms with Gasteiger partial charge in [0, 0.05) is 11.9 Å². The predicted octanol–water partition coefficient (Wildman–Crippen LogP) is 3.77. The molecule has 1 fully saturated rings. The van der Waals surface area contributed by atoms with Crippen LogP contribution in [-0.2, 0) is 13.0 Å². The van der Waals surface area contributed by atoms with Crippen molar-refractivity contribution in [2.45, 2.75) is 58.4 Å². The summed E-state index contributed by atoms with van der Waals surface area (Å²) in [5.41, 5.74) is 1.22. The Hall–Kier alpha value is -0.410. The van der Waals surface area contributed by atoms with Crippen molar-refractivity contribution in [3.63, 3.8) is 0 Å². The Morgan fingerprint density at radius 2 is 2.18 bits per heavy atom. The molecule has 1 aromatic rings. The largest absolute Gasteiger partial charge is 0.311 e. The lowest BCUT2D eigenvalue weighted by Gasteiger charge is -2.21. The molecule has 17 heavy (non-hydrogen) atoms. The molecule has 0 aromatic carbocycles. The van der Waals surface area contributed by atoms with Crippen LogP contribution in [0.4, 0.5) is 0 Å². The number of aryl methyl sites for hydroxylation is 1. The Morgan fingerprint density at radius 3 is 2.88 bits per heavy atom. The first kappa shape index (κ1) is 13.0. The minimum absolute atomic E-state index is 0.948. The van der Waals surface area contributed by atoms with E-state index in [0.717, 1.165) is 25.4 Å². The third-order valence-electron chi connectivity index (χ3n) is 3.66. The summed E-state index contributed by atoms with van der Waals surface area (Å²) in [6.45, 7) is 4.27. The lowest BCUT2D eigenvalue weighted by Crippen LogP contribution is -2.19. The van der Waals surface area contributed by atoms with Gasteiger partial charge in [-0.15, -0.1) is 11.3 Å². The Labute approximate surface area is 109 Å². The zero-order valence-electron chi connectivity index (χ0n) is 10.9. The summed E-state index contributed by atoms with van der Waals surface area (Å²) < 4.78 is 0. The molecule has 1 aliphatic rings. The van der Waals surface area contributed by atoms with Crippen molar-refractivity contribution in [2.75, 3.05) is 6.54 Å². The normalized spacial score (nSPS) is 17.5. The van der Waals surface area contributed by atoms with Gasteiger partial charge in [-0.25, -0.2) is 4.98 Å². The number of nitrogens with zero attached hydrogens (tertiary/aromatic N) is 1. The van der Waals surface area contributed by atoms with E-state index >= 15 is 0 Å².